The van der Waals surface area contributed by atoms with Gasteiger partial charge >= 0.3 is 0 Å². The van der Waals surface area contributed by atoms with Crippen molar-refractivity contribution in [1.29, 1.82) is 0 Å². The summed E-state index contributed by atoms with van der Waals surface area (Å²) in [6.07, 6.45) is 11.6. The summed E-state index contributed by atoms with van der Waals surface area (Å²) in [4.78, 5) is 24.0. The number of aromatic nitrogens is 3. The summed E-state index contributed by atoms with van der Waals surface area (Å²) in [6.45, 7) is 3.87. The van der Waals surface area contributed by atoms with E-state index in [4.69, 9.17) is 10.7 Å². The molecule has 0 aromatic carbocycles. The average molecular weight is 406 g/mol. The first-order chi connectivity index (χ1) is 14.6. The fourth-order valence-electron chi connectivity index (χ4n) is 2.91. The number of anilines is 1. The minimum atomic E-state index is -0.578. The molecule has 0 radical (unpaired) electrons. The van der Waals surface area contributed by atoms with Gasteiger partial charge in [0.05, 0.1) is 23.2 Å². The molecule has 156 valence electrons. The molecule has 0 spiro atoms. The van der Waals surface area contributed by atoms with Gasteiger partial charge in [0, 0.05) is 28.7 Å². The number of carbonyl (C=O) groups is 1. The molecule has 0 saturated heterocycles. The minimum Gasteiger partial charge on any atom is -0.405 e. The molecule has 3 aromatic rings. The molecule has 3 heterocycles. The van der Waals surface area contributed by atoms with Crippen LogP contribution in [0.5, 0.6) is 0 Å². The van der Waals surface area contributed by atoms with Crippen molar-refractivity contribution in [2.24, 2.45) is 5.73 Å². The summed E-state index contributed by atoms with van der Waals surface area (Å²) in [5.74, 6) is 0.439. The molecule has 30 heavy (non-hydrogen) atoms. The van der Waals surface area contributed by atoms with Crippen molar-refractivity contribution in [3.8, 4) is 11.3 Å². The fraction of sp³-hybridized carbons (Fsp3) is 0.304. The van der Waals surface area contributed by atoms with E-state index < -0.39 is 6.10 Å². The summed E-state index contributed by atoms with van der Waals surface area (Å²) in [7, 11) is 0. The Kier molecular flexibility index (Phi) is 7.08. The van der Waals surface area contributed by atoms with E-state index in [2.05, 4.69) is 15.3 Å². The second kappa shape index (κ2) is 9.93. The van der Waals surface area contributed by atoms with Crippen LogP contribution in [-0.2, 0) is 4.79 Å². The monoisotopic (exact) mass is 405 g/mol. The quantitative estimate of drug-likeness (QED) is 0.532. The molecule has 0 aliphatic heterocycles. The van der Waals surface area contributed by atoms with Crippen molar-refractivity contribution in [2.45, 2.75) is 45.6 Å². The van der Waals surface area contributed by atoms with Gasteiger partial charge in [0.1, 0.15) is 5.82 Å². The molecule has 7 heteroatoms. The summed E-state index contributed by atoms with van der Waals surface area (Å²) in [6, 6.07) is 5.55. The van der Waals surface area contributed by atoms with Crippen molar-refractivity contribution in [1.82, 2.24) is 15.0 Å². The van der Waals surface area contributed by atoms with Gasteiger partial charge in [-0.15, -0.1) is 0 Å². The second-order valence-electron chi connectivity index (χ2n) is 7.21. The molecule has 1 saturated carbocycles. The van der Waals surface area contributed by atoms with Gasteiger partial charge in [-0.2, -0.15) is 0 Å². The highest BCUT2D eigenvalue weighted by Gasteiger charge is 2.13. The predicted molar refractivity (Wildman–Crippen MR) is 120 cm³/mol. The first kappa shape index (κ1) is 21.4. The van der Waals surface area contributed by atoms with Gasteiger partial charge in [0.15, 0.2) is 0 Å². The van der Waals surface area contributed by atoms with Crippen molar-refractivity contribution >= 4 is 29.1 Å². The highest BCUT2D eigenvalue weighted by molar-refractivity contribution is 5.93. The molecule has 1 aliphatic carbocycles. The number of carbonyl (C=O) groups excluding carboxylic acids is 1. The third-order valence-corrected chi connectivity index (χ3v) is 4.69. The maximum absolute atomic E-state index is 10.7. The maximum Gasteiger partial charge on any atom is 0.212 e. The number of nitrogens with two attached hydrogens (primary N) is 1. The zero-order valence-corrected chi connectivity index (χ0v) is 17.3. The molecule has 4 N–H and O–H groups in total. The largest absolute Gasteiger partial charge is 0.405 e. The van der Waals surface area contributed by atoms with Crippen LogP contribution < -0.4 is 11.1 Å². The number of nitrogens with one attached hydrogen (secondary N) is 1. The normalized spacial score (nSPS) is 13.6. The van der Waals surface area contributed by atoms with Crippen molar-refractivity contribution in [3.05, 3.63) is 53.7 Å². The predicted octanol–water partition coefficient (Wildman–Crippen LogP) is 4.11. The van der Waals surface area contributed by atoms with Gasteiger partial charge in [0.2, 0.25) is 6.41 Å². The summed E-state index contributed by atoms with van der Waals surface area (Å²) >= 11 is 0. The molecular weight excluding hydrogens is 378 g/mol. The van der Waals surface area contributed by atoms with Crippen LogP contribution in [0.3, 0.4) is 0 Å². The number of aryl methyl sites for hydroxylation is 1. The molecule has 4 rings (SSSR count). The molecule has 1 fully saturated rings. The topological polar surface area (TPSA) is 114 Å². The smallest absolute Gasteiger partial charge is 0.212 e. The van der Waals surface area contributed by atoms with Gasteiger partial charge in [-0.25, -0.2) is 9.97 Å². The van der Waals surface area contributed by atoms with Crippen LogP contribution in [0.15, 0.2) is 36.8 Å². The lowest BCUT2D eigenvalue weighted by Gasteiger charge is -2.13. The number of fused-ring (bicyclic) bond motifs is 1. The van der Waals surface area contributed by atoms with Gasteiger partial charge < -0.3 is 16.2 Å². The van der Waals surface area contributed by atoms with E-state index >= 15 is 0 Å². The first-order valence-electron chi connectivity index (χ1n) is 10.1. The molecule has 3 aromatic heterocycles. The molecule has 7 nitrogen and oxygen atoms in total. The van der Waals surface area contributed by atoms with Gasteiger partial charge in [-0.05, 0) is 49.4 Å². The Bertz CT molecular complexity index is 1060. The minimum absolute atomic E-state index is 0.439. The Balaban J connectivity index is 0.000000782. The lowest BCUT2D eigenvalue weighted by molar-refractivity contribution is -0.105. The van der Waals surface area contributed by atoms with Crippen molar-refractivity contribution in [2.75, 3.05) is 5.32 Å². The van der Waals surface area contributed by atoms with Crippen molar-refractivity contribution in [3.63, 3.8) is 0 Å². The van der Waals surface area contributed by atoms with E-state index in [1.807, 2.05) is 26.0 Å². The van der Waals surface area contributed by atoms with Crippen LogP contribution in [0.25, 0.3) is 28.1 Å². The Morgan fingerprint density at radius 2 is 1.97 bits per heavy atom. The third-order valence-electron chi connectivity index (χ3n) is 4.69. The van der Waals surface area contributed by atoms with E-state index in [1.54, 1.807) is 24.5 Å². The lowest BCUT2D eigenvalue weighted by atomic mass is 10.0. The number of amides is 1. The van der Waals surface area contributed by atoms with E-state index in [-0.39, 0.29) is 0 Å². The molecule has 1 amide bonds. The van der Waals surface area contributed by atoms with Crippen molar-refractivity contribution < 1.29 is 9.90 Å². The summed E-state index contributed by atoms with van der Waals surface area (Å²) < 4.78 is 0. The maximum atomic E-state index is 10.7. The number of nitrogens with zero attached hydrogens (tertiary/aromatic N) is 3. The van der Waals surface area contributed by atoms with Gasteiger partial charge in [-0.1, -0.05) is 26.2 Å². The number of hydrogen-bond donors (Lipinski definition) is 3. The molecule has 1 atom stereocenters. The zero-order valence-electron chi connectivity index (χ0n) is 17.3. The van der Waals surface area contributed by atoms with Crippen LogP contribution >= 0.6 is 0 Å². The van der Waals surface area contributed by atoms with Gasteiger partial charge in [-0.3, -0.25) is 9.78 Å². The fourth-order valence-corrected chi connectivity index (χ4v) is 2.91. The van der Waals surface area contributed by atoms with Crippen LogP contribution in [0.4, 0.5) is 5.82 Å². The SMILES string of the molecule is C1CC1.CCC(O)c1cc(C)c(-c2cc3cnc(NC=O)cc3c(/C=C\N)n2)cn1. The number of aliphatic hydroxyl groups is 1. The highest BCUT2D eigenvalue weighted by atomic mass is 16.3. The van der Waals surface area contributed by atoms with Gasteiger partial charge in [0.25, 0.3) is 0 Å². The number of rotatable bonds is 6. The van der Waals surface area contributed by atoms with Crippen LogP contribution in [0, 0.1) is 6.92 Å². The zero-order chi connectivity index (χ0) is 21.5. The first-order valence-corrected chi connectivity index (χ1v) is 10.1. The molecule has 1 aliphatic rings. The average Bonchev–Trinajstić information content (AvgIpc) is 3.63. The van der Waals surface area contributed by atoms with E-state index in [1.165, 1.54) is 25.5 Å². The highest BCUT2D eigenvalue weighted by Crippen LogP contribution is 2.29. The number of hydrogen-bond acceptors (Lipinski definition) is 6. The summed E-state index contributed by atoms with van der Waals surface area (Å²) in [5.41, 5.74) is 9.46. The number of aliphatic hydroxyl groups excluding tert-OH is 1. The van der Waals surface area contributed by atoms with Crippen LogP contribution in [0.1, 0.15) is 55.7 Å². The van der Waals surface area contributed by atoms with Crippen LogP contribution in [-0.4, -0.2) is 26.5 Å². The Morgan fingerprint density at radius 3 is 2.57 bits per heavy atom. The van der Waals surface area contributed by atoms with E-state index in [0.29, 0.717) is 30.0 Å². The molecule has 0 bridgehead atoms. The number of pyridine rings is 3. The Hall–Kier alpha value is -3.32. The molecular formula is C23H27N5O2. The van der Waals surface area contributed by atoms with E-state index in [0.717, 1.165) is 27.6 Å². The summed E-state index contributed by atoms with van der Waals surface area (Å²) in [5, 5.41) is 14.2. The lowest BCUT2D eigenvalue weighted by Crippen LogP contribution is -2.01. The Labute approximate surface area is 176 Å². The standard InChI is InChI=1S/C20H21N5O2.C3H6/c1-3-19(27)18-6-12(2)15(10-22-18)17-7-13-9-23-20(24-11-26)8-14(13)16(25-17)4-5-21;1-2-3-1/h4-11,19,27H,3,21H2,1-2H3,(H,23,24,26);1-3H2/b5-4-;. The van der Waals surface area contributed by atoms with Crippen LogP contribution in [0.2, 0.25) is 0 Å². The Morgan fingerprint density at radius 1 is 1.20 bits per heavy atom. The molecule has 1 unspecified atom stereocenters. The van der Waals surface area contributed by atoms with E-state index in [9.17, 15) is 9.90 Å². The third kappa shape index (κ3) is 5.18. The second-order valence-corrected chi connectivity index (χ2v) is 7.21.